The van der Waals surface area contributed by atoms with Crippen molar-refractivity contribution in [2.45, 2.75) is 26.3 Å². The lowest BCUT2D eigenvalue weighted by molar-refractivity contribution is -0.275. The van der Waals surface area contributed by atoms with Gasteiger partial charge in [-0.3, -0.25) is 0 Å². The van der Waals surface area contributed by atoms with E-state index in [4.69, 9.17) is 9.47 Å². The topological polar surface area (TPSA) is 44.8 Å². The fourth-order valence-corrected chi connectivity index (χ4v) is 1.21. The van der Waals surface area contributed by atoms with Crippen molar-refractivity contribution in [1.82, 2.24) is 0 Å². The van der Waals surface area contributed by atoms with Crippen molar-refractivity contribution in [3.05, 3.63) is 24.3 Å². The number of ether oxygens (including phenoxy) is 3. The number of esters is 1. The van der Waals surface area contributed by atoms with Gasteiger partial charge >= 0.3 is 12.3 Å². The molecule has 1 aromatic carbocycles. The van der Waals surface area contributed by atoms with Gasteiger partial charge in [-0.2, -0.15) is 0 Å². The smallest absolute Gasteiger partial charge is 0.478 e. The second-order valence-electron chi connectivity index (χ2n) is 3.82. The standard InChI is InChI=1S/C12H13F3O4/c1-8(2)18-11(16)7-17-9-5-3-4-6-10(9)19-12(13,14)15/h3-6,8H,7H2,1-2H3. The highest BCUT2D eigenvalue weighted by Gasteiger charge is 2.32. The van der Waals surface area contributed by atoms with Crippen LogP contribution in [0.4, 0.5) is 13.2 Å². The van der Waals surface area contributed by atoms with Gasteiger partial charge in [0.1, 0.15) is 0 Å². The molecule has 0 aromatic heterocycles. The molecule has 106 valence electrons. The van der Waals surface area contributed by atoms with E-state index in [1.165, 1.54) is 18.2 Å². The van der Waals surface area contributed by atoms with E-state index in [9.17, 15) is 18.0 Å². The summed E-state index contributed by atoms with van der Waals surface area (Å²) in [6.07, 6.45) is -5.14. The van der Waals surface area contributed by atoms with Gasteiger partial charge in [0, 0.05) is 0 Å². The Hall–Kier alpha value is -1.92. The van der Waals surface area contributed by atoms with Crippen LogP contribution < -0.4 is 9.47 Å². The summed E-state index contributed by atoms with van der Waals surface area (Å²) in [5, 5.41) is 0. The van der Waals surface area contributed by atoms with Crippen molar-refractivity contribution in [2.24, 2.45) is 0 Å². The van der Waals surface area contributed by atoms with Crippen LogP contribution in [-0.2, 0) is 9.53 Å². The minimum Gasteiger partial charge on any atom is -0.478 e. The van der Waals surface area contributed by atoms with Gasteiger partial charge in [0.15, 0.2) is 18.1 Å². The van der Waals surface area contributed by atoms with Crippen LogP contribution >= 0.6 is 0 Å². The number of halogens is 3. The van der Waals surface area contributed by atoms with Gasteiger partial charge in [-0.1, -0.05) is 12.1 Å². The van der Waals surface area contributed by atoms with Crippen LogP contribution in [0.3, 0.4) is 0 Å². The first-order valence-corrected chi connectivity index (χ1v) is 5.45. The molecule has 0 spiro atoms. The molecule has 19 heavy (non-hydrogen) atoms. The van der Waals surface area contributed by atoms with Gasteiger partial charge in [0.05, 0.1) is 6.10 Å². The van der Waals surface area contributed by atoms with Crippen LogP contribution in [0, 0.1) is 0 Å². The number of alkyl halides is 3. The second kappa shape index (κ2) is 6.31. The lowest BCUT2D eigenvalue weighted by Crippen LogP contribution is -2.20. The zero-order chi connectivity index (χ0) is 14.5. The molecular weight excluding hydrogens is 265 g/mol. The van der Waals surface area contributed by atoms with Crippen molar-refractivity contribution in [1.29, 1.82) is 0 Å². The number of para-hydroxylation sites is 2. The first-order chi connectivity index (χ1) is 8.78. The molecule has 0 radical (unpaired) electrons. The zero-order valence-corrected chi connectivity index (χ0v) is 10.4. The minimum absolute atomic E-state index is 0.180. The summed E-state index contributed by atoms with van der Waals surface area (Å²) >= 11 is 0. The Labute approximate surface area is 108 Å². The summed E-state index contributed by atoms with van der Waals surface area (Å²) < 4.78 is 49.9. The first-order valence-electron chi connectivity index (χ1n) is 5.45. The van der Waals surface area contributed by atoms with E-state index in [0.717, 1.165) is 6.07 Å². The molecule has 4 nitrogen and oxygen atoms in total. The van der Waals surface area contributed by atoms with E-state index in [1.807, 2.05) is 0 Å². The van der Waals surface area contributed by atoms with Gasteiger partial charge in [-0.05, 0) is 26.0 Å². The molecule has 1 aromatic rings. The normalized spacial score (nSPS) is 11.3. The van der Waals surface area contributed by atoms with E-state index in [2.05, 4.69) is 4.74 Å². The Kier molecular flexibility index (Phi) is 5.02. The van der Waals surface area contributed by atoms with Crippen molar-refractivity contribution in [2.75, 3.05) is 6.61 Å². The maximum Gasteiger partial charge on any atom is 0.573 e. The number of carbonyl (C=O) groups is 1. The molecule has 0 aliphatic carbocycles. The highest BCUT2D eigenvalue weighted by Crippen LogP contribution is 2.31. The fourth-order valence-electron chi connectivity index (χ4n) is 1.21. The Morgan fingerprint density at radius 2 is 1.79 bits per heavy atom. The van der Waals surface area contributed by atoms with Crippen molar-refractivity contribution < 1.29 is 32.2 Å². The van der Waals surface area contributed by atoms with E-state index in [-0.39, 0.29) is 11.9 Å². The Bertz CT molecular complexity index is 429. The average Bonchev–Trinajstić information content (AvgIpc) is 2.25. The molecule has 0 saturated carbocycles. The van der Waals surface area contributed by atoms with E-state index >= 15 is 0 Å². The van der Waals surface area contributed by atoms with E-state index in [1.54, 1.807) is 13.8 Å². The predicted molar refractivity (Wildman–Crippen MR) is 59.8 cm³/mol. The zero-order valence-electron chi connectivity index (χ0n) is 10.4. The van der Waals surface area contributed by atoms with E-state index in [0.29, 0.717) is 0 Å². The number of rotatable bonds is 5. The molecule has 0 saturated heterocycles. The lowest BCUT2D eigenvalue weighted by atomic mass is 10.3. The SMILES string of the molecule is CC(C)OC(=O)COc1ccccc1OC(F)(F)F. The summed E-state index contributed by atoms with van der Waals surface area (Å²) in [5.41, 5.74) is 0. The summed E-state index contributed by atoms with van der Waals surface area (Å²) in [6.45, 7) is 2.81. The molecule has 0 atom stereocenters. The molecule has 7 heteroatoms. The second-order valence-corrected chi connectivity index (χ2v) is 3.82. The van der Waals surface area contributed by atoms with Gasteiger partial charge in [0.25, 0.3) is 0 Å². The van der Waals surface area contributed by atoms with Crippen LogP contribution in [0.15, 0.2) is 24.3 Å². The maximum absolute atomic E-state index is 12.1. The third-order valence-corrected chi connectivity index (χ3v) is 1.79. The molecule has 1 rings (SSSR count). The third kappa shape index (κ3) is 5.98. The van der Waals surface area contributed by atoms with Gasteiger partial charge < -0.3 is 14.2 Å². The Morgan fingerprint density at radius 1 is 1.21 bits per heavy atom. The summed E-state index contributed by atoms with van der Waals surface area (Å²) in [7, 11) is 0. The third-order valence-electron chi connectivity index (χ3n) is 1.79. The average molecular weight is 278 g/mol. The Morgan fingerprint density at radius 3 is 2.32 bits per heavy atom. The molecule has 0 fully saturated rings. The summed E-state index contributed by atoms with van der Waals surface area (Å²) in [4.78, 5) is 11.2. The summed E-state index contributed by atoms with van der Waals surface area (Å²) in [6, 6.07) is 5.19. The van der Waals surface area contributed by atoms with Gasteiger partial charge in [-0.25, -0.2) is 4.79 Å². The van der Waals surface area contributed by atoms with E-state index < -0.39 is 24.7 Å². The van der Waals surface area contributed by atoms with Crippen LogP contribution in [0.25, 0.3) is 0 Å². The maximum atomic E-state index is 12.1. The fraction of sp³-hybridized carbons (Fsp3) is 0.417. The molecule has 0 aliphatic heterocycles. The predicted octanol–water partition coefficient (Wildman–Crippen LogP) is 2.92. The van der Waals surface area contributed by atoms with Gasteiger partial charge in [-0.15, -0.1) is 13.2 Å². The first kappa shape index (κ1) is 15.1. The lowest BCUT2D eigenvalue weighted by Gasteiger charge is -2.14. The molecule has 0 bridgehead atoms. The largest absolute Gasteiger partial charge is 0.573 e. The minimum atomic E-state index is -4.82. The molecule has 0 unspecified atom stereocenters. The molecule has 0 aliphatic rings. The number of carbonyl (C=O) groups excluding carboxylic acids is 1. The molecule has 0 amide bonds. The van der Waals surface area contributed by atoms with Crippen LogP contribution in [0.2, 0.25) is 0 Å². The number of hydrogen-bond acceptors (Lipinski definition) is 4. The number of benzene rings is 1. The monoisotopic (exact) mass is 278 g/mol. The van der Waals surface area contributed by atoms with Crippen molar-refractivity contribution >= 4 is 5.97 Å². The molecule has 0 N–H and O–H groups in total. The number of hydrogen-bond donors (Lipinski definition) is 0. The van der Waals surface area contributed by atoms with Crippen LogP contribution in [-0.4, -0.2) is 25.0 Å². The van der Waals surface area contributed by atoms with Crippen molar-refractivity contribution in [3.8, 4) is 11.5 Å². The summed E-state index contributed by atoms with van der Waals surface area (Å²) in [5.74, 6) is -1.36. The van der Waals surface area contributed by atoms with Crippen molar-refractivity contribution in [3.63, 3.8) is 0 Å². The highest BCUT2D eigenvalue weighted by molar-refractivity contribution is 5.71. The van der Waals surface area contributed by atoms with Crippen LogP contribution in [0.1, 0.15) is 13.8 Å². The quantitative estimate of drug-likeness (QED) is 0.777. The van der Waals surface area contributed by atoms with Crippen LogP contribution in [0.5, 0.6) is 11.5 Å². The highest BCUT2D eigenvalue weighted by atomic mass is 19.4. The molecule has 0 heterocycles. The van der Waals surface area contributed by atoms with Gasteiger partial charge in [0.2, 0.25) is 0 Å². The Balaban J connectivity index is 2.65. The molecular formula is C12H13F3O4.